The van der Waals surface area contributed by atoms with Crippen molar-refractivity contribution in [3.05, 3.63) is 109 Å². The van der Waals surface area contributed by atoms with Crippen molar-refractivity contribution in [3.8, 4) is 0 Å². The van der Waals surface area contributed by atoms with Gasteiger partial charge in [-0.1, -0.05) is 399 Å². The zero-order valence-corrected chi connectivity index (χ0v) is 74.1. The van der Waals surface area contributed by atoms with Crippen molar-refractivity contribution >= 4 is 5.91 Å². The van der Waals surface area contributed by atoms with E-state index >= 15 is 0 Å². The number of carbonyl (C=O) groups is 1. The maximum absolute atomic E-state index is 13.6. The lowest BCUT2D eigenvalue weighted by Crippen LogP contribution is -2.66. The first kappa shape index (κ1) is 109. The van der Waals surface area contributed by atoms with Crippen LogP contribution in [0.3, 0.4) is 0 Å². The molecule has 0 saturated carbocycles. The van der Waals surface area contributed by atoms with Gasteiger partial charge in [0.05, 0.1) is 38.6 Å². The normalized spacial score (nSPS) is 24.8. The fraction of sp³-hybridized carbons (Fsp3) is 0.808. The van der Waals surface area contributed by atoms with Crippen molar-refractivity contribution in [2.75, 3.05) is 26.4 Å². The minimum atomic E-state index is -1.98. The molecule has 0 spiro atoms. The highest BCUT2D eigenvalue weighted by atomic mass is 16.8. The van der Waals surface area contributed by atoms with Crippen LogP contribution in [0, 0.1) is 0 Å². The predicted molar refractivity (Wildman–Crippen MR) is 480 cm³/mol. The van der Waals surface area contributed by atoms with Crippen molar-refractivity contribution < 1.29 is 89.4 Å². The molecule has 684 valence electrons. The van der Waals surface area contributed by atoms with E-state index in [9.17, 15) is 61.0 Å². The molecule has 0 aliphatic carbocycles. The molecule has 0 bridgehead atoms. The van der Waals surface area contributed by atoms with Gasteiger partial charge in [-0.15, -0.1) is 0 Å². The van der Waals surface area contributed by atoms with Crippen LogP contribution >= 0.6 is 0 Å². The van der Waals surface area contributed by atoms with Gasteiger partial charge in [0.2, 0.25) is 5.91 Å². The van der Waals surface area contributed by atoms with Crippen molar-refractivity contribution in [2.24, 2.45) is 0 Å². The Bertz CT molecular complexity index is 2550. The fourth-order valence-electron chi connectivity index (χ4n) is 15.8. The number of nitrogens with one attached hydrogen (secondary N) is 1. The van der Waals surface area contributed by atoms with Gasteiger partial charge in [0.15, 0.2) is 18.9 Å². The highest BCUT2D eigenvalue weighted by Gasteiger charge is 2.54. The van der Waals surface area contributed by atoms with Gasteiger partial charge in [0.25, 0.3) is 0 Å². The van der Waals surface area contributed by atoms with E-state index in [0.29, 0.717) is 12.8 Å². The van der Waals surface area contributed by atoms with E-state index in [1.807, 2.05) is 0 Å². The van der Waals surface area contributed by atoms with Crippen molar-refractivity contribution in [1.82, 2.24) is 5.32 Å². The highest BCUT2D eigenvalue weighted by molar-refractivity contribution is 5.76. The predicted octanol–water partition coefficient (Wildman–Crippen LogP) is 19.6. The lowest BCUT2D eigenvalue weighted by atomic mass is 9.96. The second-order valence-electron chi connectivity index (χ2n) is 33.8. The minimum Gasteiger partial charge on any atom is -0.394 e. The quantitative estimate of drug-likeness (QED) is 0.0199. The van der Waals surface area contributed by atoms with E-state index in [4.69, 9.17) is 28.4 Å². The fourth-order valence-corrected chi connectivity index (χ4v) is 15.8. The third kappa shape index (κ3) is 54.3. The van der Waals surface area contributed by atoms with Crippen LogP contribution in [-0.4, -0.2) is 193 Å². The van der Waals surface area contributed by atoms with Crippen LogP contribution < -0.4 is 5.32 Å². The van der Waals surface area contributed by atoms with Crippen LogP contribution in [0.1, 0.15) is 380 Å². The Hall–Kier alpha value is -3.55. The van der Waals surface area contributed by atoms with E-state index in [2.05, 4.69) is 129 Å². The van der Waals surface area contributed by atoms with E-state index < -0.39 is 124 Å². The van der Waals surface area contributed by atoms with Crippen molar-refractivity contribution in [2.45, 2.75) is 484 Å². The van der Waals surface area contributed by atoms with Gasteiger partial charge in [0.1, 0.15) is 73.2 Å². The molecule has 118 heavy (non-hydrogen) atoms. The number of unbranched alkanes of at least 4 members (excludes halogenated alkanes) is 44. The molecule has 17 unspecified atom stereocenters. The topological polar surface area (TPSA) is 307 Å². The van der Waals surface area contributed by atoms with Gasteiger partial charge in [0, 0.05) is 6.42 Å². The summed E-state index contributed by atoms with van der Waals surface area (Å²) in [6.07, 6.45) is 82.0. The summed E-state index contributed by atoms with van der Waals surface area (Å²) >= 11 is 0. The van der Waals surface area contributed by atoms with E-state index in [0.717, 1.165) is 109 Å². The van der Waals surface area contributed by atoms with Gasteiger partial charge in [-0.05, 0) is 83.5 Å². The molecule has 12 N–H and O–H groups in total. The van der Waals surface area contributed by atoms with Crippen LogP contribution in [0.5, 0.6) is 0 Å². The largest absolute Gasteiger partial charge is 0.394 e. The van der Waals surface area contributed by atoms with Gasteiger partial charge in [-0.3, -0.25) is 4.79 Å². The first-order valence-corrected chi connectivity index (χ1v) is 48.1. The zero-order chi connectivity index (χ0) is 85.2. The summed E-state index contributed by atoms with van der Waals surface area (Å²) in [5.74, 6) is -0.242. The Labute approximate surface area is 716 Å². The molecule has 3 fully saturated rings. The third-order valence-corrected chi connectivity index (χ3v) is 23.4. The van der Waals surface area contributed by atoms with Crippen molar-refractivity contribution in [3.63, 3.8) is 0 Å². The third-order valence-electron chi connectivity index (χ3n) is 23.4. The summed E-state index contributed by atoms with van der Waals surface area (Å²) in [7, 11) is 0. The van der Waals surface area contributed by atoms with Gasteiger partial charge in [-0.2, -0.15) is 0 Å². The molecule has 0 aromatic heterocycles. The molecule has 3 aliphatic rings. The number of hydrogen-bond donors (Lipinski definition) is 12. The molecule has 1 amide bonds. The maximum atomic E-state index is 13.6. The van der Waals surface area contributed by atoms with E-state index in [-0.39, 0.29) is 18.9 Å². The molecule has 3 rings (SSSR count). The summed E-state index contributed by atoms with van der Waals surface area (Å²) in [6, 6.07) is -0.896. The van der Waals surface area contributed by atoms with Crippen molar-refractivity contribution in [1.29, 1.82) is 0 Å². The smallest absolute Gasteiger partial charge is 0.220 e. The minimum absolute atomic E-state index is 0.242. The number of aliphatic hydroxyl groups excluding tert-OH is 11. The number of rotatable bonds is 78. The second-order valence-corrected chi connectivity index (χ2v) is 33.8. The Morgan fingerprint density at radius 1 is 0.314 bits per heavy atom. The lowest BCUT2D eigenvalue weighted by Gasteiger charge is -2.48. The molecule has 0 aromatic carbocycles. The monoisotopic (exact) mass is 1670 g/mol. The van der Waals surface area contributed by atoms with Crippen LogP contribution in [0.2, 0.25) is 0 Å². The Morgan fingerprint density at radius 2 is 0.585 bits per heavy atom. The Morgan fingerprint density at radius 3 is 0.915 bits per heavy atom. The number of aliphatic hydroxyl groups is 11. The van der Waals surface area contributed by atoms with E-state index in [1.165, 1.54) is 238 Å². The van der Waals surface area contributed by atoms with Crippen LogP contribution in [0.25, 0.3) is 0 Å². The number of allylic oxidation sites excluding steroid dienone is 18. The molecule has 19 nitrogen and oxygen atoms in total. The highest BCUT2D eigenvalue weighted by Crippen LogP contribution is 2.34. The molecule has 0 aromatic rings. The molecular weight excluding hydrogens is 1490 g/mol. The number of hydrogen-bond acceptors (Lipinski definition) is 18. The summed E-state index contributed by atoms with van der Waals surface area (Å²) < 4.78 is 34.6. The second kappa shape index (κ2) is 77.1. The SMILES string of the molecule is CC/C=C\C/C=C\C/C=C\C/C=C\C/C=C\C/C=C\C/C=C\C/C=C\C/C=C\CCCCCCCCCCCCCCCC(=O)NC(COC1OC(CO)C(OC2OC(CO)C(OC3OC(CO)C(O)C(O)C3O)C(O)C2O)C(O)C1O)C(O)CCCCCCCCCCCCCCCCCCCCCCCCCCCCCCCCCC. The van der Waals surface area contributed by atoms with Crippen LogP contribution in [-0.2, 0) is 33.2 Å². The molecule has 3 heterocycles. The molecule has 3 aliphatic heterocycles. The van der Waals surface area contributed by atoms with Crippen LogP contribution in [0.15, 0.2) is 109 Å². The van der Waals surface area contributed by atoms with Gasteiger partial charge < -0.3 is 89.9 Å². The summed E-state index contributed by atoms with van der Waals surface area (Å²) in [5, 5.41) is 122. The zero-order valence-electron chi connectivity index (χ0n) is 74.1. The Kier molecular flexibility index (Phi) is 70.9. The summed E-state index contributed by atoms with van der Waals surface area (Å²) in [4.78, 5) is 13.6. The lowest BCUT2D eigenvalue weighted by molar-refractivity contribution is -0.379. The van der Waals surface area contributed by atoms with Crippen LogP contribution in [0.4, 0.5) is 0 Å². The number of ether oxygens (including phenoxy) is 6. The first-order chi connectivity index (χ1) is 57.8. The molecule has 19 heteroatoms. The van der Waals surface area contributed by atoms with Gasteiger partial charge >= 0.3 is 0 Å². The summed E-state index contributed by atoms with van der Waals surface area (Å²) in [6.45, 7) is 1.74. The molecule has 17 atom stereocenters. The first-order valence-electron chi connectivity index (χ1n) is 48.1. The average molecular weight is 1670 g/mol. The average Bonchev–Trinajstić information content (AvgIpc) is 0.777. The summed E-state index contributed by atoms with van der Waals surface area (Å²) in [5.41, 5.74) is 0. The number of carbonyl (C=O) groups excluding carboxylic acids is 1. The van der Waals surface area contributed by atoms with Gasteiger partial charge in [-0.25, -0.2) is 0 Å². The molecular formula is C99H175NO18. The standard InChI is InChI=1S/C99H175NO18/c1-3-5-7-9-11-13-15-17-19-21-23-25-27-29-31-33-35-37-38-39-40-41-42-43-44-45-47-49-51-53-55-57-59-61-63-65-67-69-71-73-75-77-87(105)100-82(83(104)76-74-72-70-68-66-64-62-60-58-56-54-52-50-48-46-36-34-32-30-28-26-24-22-20-18-16-14-12-10-8-6-4-2)81-113-97-93(111)90(108)95(85(79-102)115-97)118-99-94(112)91(109)96(86(80-103)116-99)117-98-92(110)89(107)88(106)84(78-101)114-98/h5,7,11,13,17,19,23,25,29,31,35,37,39-40,42-43,45,47,82-86,88-99,101-104,106-112H,3-4,6,8-10,12,14-16,18,20-22,24,26-28,30,32-34,36,38,41,44,46,48-81H2,1-2H3,(H,100,105)/b7-5-,13-11-,19-17-,25-23-,31-29-,37-35-,40-39-,43-42-,47-45-. The number of amides is 1. The van der Waals surface area contributed by atoms with E-state index in [1.54, 1.807) is 0 Å². The Balaban J connectivity index is 1.30. The molecule has 3 saturated heterocycles. The molecule has 0 radical (unpaired) electrons. The maximum Gasteiger partial charge on any atom is 0.220 e.